The maximum absolute atomic E-state index is 5.61. The van der Waals surface area contributed by atoms with E-state index in [1.54, 1.807) is 19.9 Å². The van der Waals surface area contributed by atoms with E-state index in [2.05, 4.69) is 6.58 Å². The third-order valence-corrected chi connectivity index (χ3v) is 2.77. The van der Waals surface area contributed by atoms with E-state index in [9.17, 15) is 0 Å². The molecule has 1 atom stereocenters. The zero-order valence-electron chi connectivity index (χ0n) is 5.83. The molecule has 54 valence electrons. The minimum atomic E-state index is -1.48. The Labute approximate surface area is 57.1 Å². The van der Waals surface area contributed by atoms with Crippen LogP contribution in [-0.2, 0) is 9.47 Å². The fraction of sp³-hybridized carbons (Fsp3) is 0.600. The van der Waals surface area contributed by atoms with Crippen LogP contribution in [0.3, 0.4) is 0 Å². The Hall–Kier alpha value is -0.163. The Kier molecular flexibility index (Phi) is 4.61. The Morgan fingerprint density at radius 1 is 1.56 bits per heavy atom. The van der Waals surface area contributed by atoms with Crippen LogP contribution in [0, 0.1) is 0 Å². The maximum Gasteiger partial charge on any atom is 0.195 e. The smallest absolute Gasteiger partial charge is 0.195 e. The molecule has 9 heavy (non-hydrogen) atoms. The number of methoxy groups -OCH3 is 2. The lowest BCUT2D eigenvalue weighted by Gasteiger charge is -2.15. The van der Waals surface area contributed by atoms with Crippen LogP contribution in [-0.4, -0.2) is 29.1 Å². The molecule has 0 fully saturated rings. The molecule has 4 heteroatoms. The fourth-order valence-electron chi connectivity index (χ4n) is 0.522. The van der Waals surface area contributed by atoms with Crippen molar-refractivity contribution >= 4 is 8.96 Å². The van der Waals surface area contributed by atoms with E-state index in [1.807, 2.05) is 0 Å². The zero-order valence-corrected chi connectivity index (χ0v) is 6.99. The lowest BCUT2D eigenvalue weighted by molar-refractivity contribution is -0.0463. The summed E-state index contributed by atoms with van der Waals surface area (Å²) >= 11 is 0. The molecule has 0 heterocycles. The van der Waals surface area contributed by atoms with Gasteiger partial charge in [0.05, 0.1) is 0 Å². The van der Waals surface area contributed by atoms with Crippen LogP contribution in [0.25, 0.3) is 0 Å². The first kappa shape index (κ1) is 8.84. The van der Waals surface area contributed by atoms with Gasteiger partial charge in [-0.2, -0.15) is 0 Å². The van der Waals surface area contributed by atoms with Gasteiger partial charge in [0.25, 0.3) is 0 Å². The molecule has 2 N–H and O–H groups in total. The van der Waals surface area contributed by atoms with Crippen LogP contribution in [0.15, 0.2) is 12.3 Å². The summed E-state index contributed by atoms with van der Waals surface area (Å²) < 4.78 is 9.79. The van der Waals surface area contributed by atoms with Crippen molar-refractivity contribution in [2.45, 2.75) is 5.91 Å². The predicted octanol–water partition coefficient (Wildman–Crippen LogP) is -0.448. The summed E-state index contributed by atoms with van der Waals surface area (Å²) in [7, 11) is 1.67. The molecule has 0 rings (SSSR count). The van der Waals surface area contributed by atoms with Gasteiger partial charge in [0.2, 0.25) is 0 Å². The molecule has 0 aliphatic heterocycles. The van der Waals surface area contributed by atoms with E-state index < -0.39 is 8.96 Å². The molecule has 1 unspecified atom stereocenters. The highest BCUT2D eigenvalue weighted by atomic mass is 28.3. The van der Waals surface area contributed by atoms with E-state index in [0.29, 0.717) is 0 Å². The second-order valence-corrected chi connectivity index (χ2v) is 3.82. The average Bonchev–Trinajstić information content (AvgIpc) is 1.90. The van der Waals surface area contributed by atoms with Crippen LogP contribution >= 0.6 is 0 Å². The third-order valence-electron chi connectivity index (χ3n) is 1.05. The van der Waals surface area contributed by atoms with Gasteiger partial charge in [0.15, 0.2) is 14.9 Å². The molecule has 0 aliphatic carbocycles. The number of nitrogens with two attached hydrogens (primary N) is 1. The largest absolute Gasteiger partial charge is 0.358 e. The number of rotatable bonds is 4. The first-order chi connectivity index (χ1) is 4.26. The molecule has 0 radical (unpaired) electrons. The van der Waals surface area contributed by atoms with Gasteiger partial charge in [-0.3, -0.25) is 0 Å². The summed E-state index contributed by atoms with van der Waals surface area (Å²) in [6.45, 7) is 3.55. The minimum Gasteiger partial charge on any atom is -0.358 e. The second kappa shape index (κ2) is 4.69. The zero-order chi connectivity index (χ0) is 7.28. The molecule has 3 nitrogen and oxygen atoms in total. The van der Waals surface area contributed by atoms with Gasteiger partial charge in [-0.1, -0.05) is 5.70 Å². The van der Waals surface area contributed by atoms with Crippen molar-refractivity contribution in [1.29, 1.82) is 0 Å². The van der Waals surface area contributed by atoms with E-state index >= 15 is 0 Å². The van der Waals surface area contributed by atoms with E-state index in [0.717, 1.165) is 0 Å². The first-order valence-electron chi connectivity index (χ1n) is 2.70. The van der Waals surface area contributed by atoms with Gasteiger partial charge in [0.1, 0.15) is 0 Å². The summed E-state index contributed by atoms with van der Waals surface area (Å²) in [4.78, 5) is 0. The van der Waals surface area contributed by atoms with Gasteiger partial charge in [-0.15, -0.1) is 6.58 Å². The summed E-state index contributed by atoms with van der Waals surface area (Å²) in [5.41, 5.74) is 1.72. The topological polar surface area (TPSA) is 44.5 Å². The molecule has 0 amide bonds. The molecule has 0 saturated heterocycles. The Balaban J connectivity index is 3.63. The number of ether oxygens (including phenoxy) is 2. The molecule has 0 aromatic carbocycles. The van der Waals surface area contributed by atoms with Crippen LogP contribution in [0.4, 0.5) is 0 Å². The highest BCUT2D eigenvalue weighted by Gasteiger charge is 2.13. The van der Waals surface area contributed by atoms with Gasteiger partial charge in [-0.05, 0) is 0 Å². The van der Waals surface area contributed by atoms with Crippen molar-refractivity contribution in [3.05, 3.63) is 12.3 Å². The van der Waals surface area contributed by atoms with Gasteiger partial charge < -0.3 is 14.9 Å². The van der Waals surface area contributed by atoms with Gasteiger partial charge in [-0.25, -0.2) is 0 Å². The molecular formula is C5H13NO2Si. The predicted molar refractivity (Wildman–Crippen MR) is 39.3 cm³/mol. The Bertz CT molecular complexity index is 85.0. The number of hydrogen-bond donors (Lipinski definition) is 1. The van der Waals surface area contributed by atoms with Crippen LogP contribution in [0.1, 0.15) is 0 Å². The van der Waals surface area contributed by atoms with Crippen molar-refractivity contribution in [2.24, 2.45) is 5.40 Å². The Morgan fingerprint density at radius 3 is 2.11 bits per heavy atom. The third kappa shape index (κ3) is 2.76. The molecule has 0 saturated carbocycles. The normalized spacial score (nSPS) is 13.8. The molecule has 0 aromatic rings. The molecule has 0 aliphatic rings. The summed E-state index contributed by atoms with van der Waals surface area (Å²) in [5.74, 6) is -0.234. The number of hydrogen-bond acceptors (Lipinski definition) is 3. The summed E-state index contributed by atoms with van der Waals surface area (Å²) in [5, 5.41) is 5.61. The van der Waals surface area contributed by atoms with Crippen molar-refractivity contribution < 1.29 is 9.47 Å². The second-order valence-electron chi connectivity index (χ2n) is 1.65. The standard InChI is InChI=1S/C5H13NO2Si/c1-4-9(6)5(7-2)8-3/h4-5,9H,1,6H2,2-3H3. The molecule has 0 bridgehead atoms. The van der Waals surface area contributed by atoms with E-state index in [-0.39, 0.29) is 5.91 Å². The van der Waals surface area contributed by atoms with Crippen LogP contribution < -0.4 is 5.40 Å². The van der Waals surface area contributed by atoms with E-state index in [4.69, 9.17) is 14.9 Å². The molecular weight excluding hydrogens is 134 g/mol. The highest BCUT2D eigenvalue weighted by molar-refractivity contribution is 6.61. The van der Waals surface area contributed by atoms with Gasteiger partial charge >= 0.3 is 0 Å². The monoisotopic (exact) mass is 147 g/mol. The van der Waals surface area contributed by atoms with Crippen molar-refractivity contribution in [3.63, 3.8) is 0 Å². The minimum absolute atomic E-state index is 0.234. The first-order valence-corrected chi connectivity index (χ1v) is 4.70. The van der Waals surface area contributed by atoms with Gasteiger partial charge in [0, 0.05) is 14.2 Å². The van der Waals surface area contributed by atoms with Crippen molar-refractivity contribution in [3.8, 4) is 0 Å². The maximum atomic E-state index is 5.61. The van der Waals surface area contributed by atoms with Crippen LogP contribution in [0.5, 0.6) is 0 Å². The van der Waals surface area contributed by atoms with Crippen LogP contribution in [0.2, 0.25) is 0 Å². The van der Waals surface area contributed by atoms with E-state index in [1.165, 1.54) is 0 Å². The van der Waals surface area contributed by atoms with Crippen molar-refractivity contribution in [1.82, 2.24) is 0 Å². The lowest BCUT2D eigenvalue weighted by atomic mass is 11.3. The molecule has 0 spiro atoms. The highest BCUT2D eigenvalue weighted by Crippen LogP contribution is 1.91. The quantitative estimate of drug-likeness (QED) is 0.433. The Morgan fingerprint density at radius 2 is 2.00 bits per heavy atom. The molecule has 0 aromatic heterocycles. The lowest BCUT2D eigenvalue weighted by Crippen LogP contribution is -2.40. The summed E-state index contributed by atoms with van der Waals surface area (Å²) in [6.07, 6.45) is 0. The summed E-state index contributed by atoms with van der Waals surface area (Å²) in [6, 6.07) is 0. The SMILES string of the molecule is C=C[SiH](N)C(OC)OC. The van der Waals surface area contributed by atoms with Crippen molar-refractivity contribution in [2.75, 3.05) is 14.2 Å². The average molecular weight is 147 g/mol. The fourth-order valence-corrected chi connectivity index (χ4v) is 1.37.